The zero-order valence-electron chi connectivity index (χ0n) is 9.61. The summed E-state index contributed by atoms with van der Waals surface area (Å²) in [5, 5.41) is 11.5. The predicted octanol–water partition coefficient (Wildman–Crippen LogP) is 3.08. The van der Waals surface area contributed by atoms with Crippen LogP contribution in [-0.2, 0) is 0 Å². The standard InChI is InChI=1S/C12H19N3O/c1-2-4-6-10(5-3-1)13-12-15-14-11(16-12)9-7-8-9/h9-10H,1-8H2,(H,13,15). The van der Waals surface area contributed by atoms with Crippen LogP contribution in [0, 0.1) is 0 Å². The summed E-state index contributed by atoms with van der Waals surface area (Å²) in [6.07, 6.45) is 10.3. The molecular weight excluding hydrogens is 202 g/mol. The Morgan fingerprint density at radius 2 is 1.69 bits per heavy atom. The molecule has 0 saturated heterocycles. The van der Waals surface area contributed by atoms with Crippen LogP contribution < -0.4 is 5.32 Å². The predicted molar refractivity (Wildman–Crippen MR) is 61.4 cm³/mol. The maximum absolute atomic E-state index is 5.62. The molecule has 0 aliphatic heterocycles. The van der Waals surface area contributed by atoms with Gasteiger partial charge in [0.15, 0.2) is 0 Å². The van der Waals surface area contributed by atoms with Crippen molar-refractivity contribution in [1.82, 2.24) is 10.2 Å². The van der Waals surface area contributed by atoms with Gasteiger partial charge in [-0.05, 0) is 25.7 Å². The van der Waals surface area contributed by atoms with Gasteiger partial charge in [-0.25, -0.2) is 0 Å². The summed E-state index contributed by atoms with van der Waals surface area (Å²) in [5.74, 6) is 1.38. The Kier molecular flexibility index (Phi) is 2.80. The van der Waals surface area contributed by atoms with E-state index in [0.717, 1.165) is 5.89 Å². The Morgan fingerprint density at radius 3 is 2.38 bits per heavy atom. The highest BCUT2D eigenvalue weighted by Crippen LogP contribution is 2.39. The second kappa shape index (κ2) is 4.44. The van der Waals surface area contributed by atoms with E-state index in [0.29, 0.717) is 18.0 Å². The molecule has 2 aliphatic carbocycles. The van der Waals surface area contributed by atoms with E-state index < -0.39 is 0 Å². The van der Waals surface area contributed by atoms with Gasteiger partial charge in [0.1, 0.15) is 0 Å². The molecule has 0 atom stereocenters. The molecule has 0 radical (unpaired) electrons. The Hall–Kier alpha value is -1.06. The minimum Gasteiger partial charge on any atom is -0.408 e. The first-order valence-corrected chi connectivity index (χ1v) is 6.52. The van der Waals surface area contributed by atoms with Gasteiger partial charge in [0, 0.05) is 12.0 Å². The smallest absolute Gasteiger partial charge is 0.315 e. The van der Waals surface area contributed by atoms with E-state index in [-0.39, 0.29) is 0 Å². The summed E-state index contributed by atoms with van der Waals surface area (Å²) in [7, 11) is 0. The highest BCUT2D eigenvalue weighted by Gasteiger charge is 2.29. The molecule has 4 nitrogen and oxygen atoms in total. The summed E-state index contributed by atoms with van der Waals surface area (Å²) in [4.78, 5) is 0. The Bertz CT molecular complexity index is 338. The number of hydrogen-bond acceptors (Lipinski definition) is 4. The second-order valence-electron chi connectivity index (χ2n) is 5.05. The van der Waals surface area contributed by atoms with Gasteiger partial charge < -0.3 is 9.73 Å². The van der Waals surface area contributed by atoms with Crippen LogP contribution in [-0.4, -0.2) is 16.2 Å². The highest BCUT2D eigenvalue weighted by atomic mass is 16.4. The molecule has 2 saturated carbocycles. The van der Waals surface area contributed by atoms with Crippen LogP contribution in [0.5, 0.6) is 0 Å². The molecule has 3 rings (SSSR count). The third-order valence-corrected chi connectivity index (χ3v) is 3.55. The topological polar surface area (TPSA) is 51.0 Å². The molecule has 0 unspecified atom stereocenters. The molecule has 4 heteroatoms. The van der Waals surface area contributed by atoms with E-state index in [9.17, 15) is 0 Å². The van der Waals surface area contributed by atoms with Crippen LogP contribution >= 0.6 is 0 Å². The monoisotopic (exact) mass is 221 g/mol. The van der Waals surface area contributed by atoms with Crippen LogP contribution in [0.3, 0.4) is 0 Å². The largest absolute Gasteiger partial charge is 0.408 e. The third kappa shape index (κ3) is 2.36. The van der Waals surface area contributed by atoms with Crippen molar-refractivity contribution in [3.05, 3.63) is 5.89 Å². The van der Waals surface area contributed by atoms with Crippen molar-refractivity contribution >= 4 is 6.01 Å². The lowest BCUT2D eigenvalue weighted by Crippen LogP contribution is -2.18. The molecule has 0 spiro atoms. The minimum absolute atomic E-state index is 0.537. The number of aromatic nitrogens is 2. The van der Waals surface area contributed by atoms with E-state index in [1.54, 1.807) is 0 Å². The fourth-order valence-electron chi connectivity index (χ4n) is 2.39. The number of nitrogens with one attached hydrogen (secondary N) is 1. The van der Waals surface area contributed by atoms with E-state index in [1.165, 1.54) is 51.4 Å². The highest BCUT2D eigenvalue weighted by molar-refractivity contribution is 5.20. The van der Waals surface area contributed by atoms with Crippen LogP contribution in [0.25, 0.3) is 0 Å². The number of nitrogens with zero attached hydrogens (tertiary/aromatic N) is 2. The van der Waals surface area contributed by atoms with Crippen molar-refractivity contribution in [2.45, 2.75) is 63.3 Å². The quantitative estimate of drug-likeness (QED) is 0.797. The number of anilines is 1. The molecule has 0 amide bonds. The van der Waals surface area contributed by atoms with Gasteiger partial charge in [-0.15, -0.1) is 5.10 Å². The van der Waals surface area contributed by atoms with E-state index >= 15 is 0 Å². The maximum Gasteiger partial charge on any atom is 0.315 e. The van der Waals surface area contributed by atoms with E-state index in [1.807, 2.05) is 0 Å². The van der Waals surface area contributed by atoms with Crippen LogP contribution in [0.15, 0.2) is 4.42 Å². The van der Waals surface area contributed by atoms with Gasteiger partial charge in [0.05, 0.1) is 0 Å². The van der Waals surface area contributed by atoms with Crippen molar-refractivity contribution in [3.63, 3.8) is 0 Å². The molecule has 16 heavy (non-hydrogen) atoms. The fraction of sp³-hybridized carbons (Fsp3) is 0.833. The van der Waals surface area contributed by atoms with Crippen LogP contribution in [0.1, 0.15) is 63.2 Å². The zero-order valence-corrected chi connectivity index (χ0v) is 9.61. The Labute approximate surface area is 95.8 Å². The first-order valence-electron chi connectivity index (χ1n) is 6.52. The van der Waals surface area contributed by atoms with Crippen LogP contribution in [0.2, 0.25) is 0 Å². The summed E-state index contributed by atoms with van der Waals surface area (Å²) >= 11 is 0. The fourth-order valence-corrected chi connectivity index (χ4v) is 2.39. The average Bonchev–Trinajstić information content (AvgIpc) is 3.07. The average molecular weight is 221 g/mol. The van der Waals surface area contributed by atoms with Gasteiger partial charge in [-0.3, -0.25) is 0 Å². The zero-order chi connectivity index (χ0) is 10.8. The first-order chi connectivity index (χ1) is 7.92. The summed E-state index contributed by atoms with van der Waals surface area (Å²) < 4.78 is 5.62. The maximum atomic E-state index is 5.62. The van der Waals surface area contributed by atoms with Crippen molar-refractivity contribution in [3.8, 4) is 0 Å². The summed E-state index contributed by atoms with van der Waals surface area (Å²) in [6.45, 7) is 0. The van der Waals surface area contributed by atoms with Crippen molar-refractivity contribution in [2.24, 2.45) is 0 Å². The van der Waals surface area contributed by atoms with Crippen LogP contribution in [0.4, 0.5) is 6.01 Å². The molecule has 2 aliphatic rings. The molecule has 1 aromatic heterocycles. The summed E-state index contributed by atoms with van der Waals surface area (Å²) in [6, 6.07) is 1.17. The van der Waals surface area contributed by atoms with E-state index in [4.69, 9.17) is 4.42 Å². The van der Waals surface area contributed by atoms with Gasteiger partial charge in [-0.2, -0.15) is 0 Å². The second-order valence-corrected chi connectivity index (χ2v) is 5.05. The van der Waals surface area contributed by atoms with Gasteiger partial charge >= 0.3 is 6.01 Å². The van der Waals surface area contributed by atoms with Gasteiger partial charge in [0.2, 0.25) is 5.89 Å². The molecular formula is C12H19N3O. The molecule has 1 aromatic rings. The first kappa shape index (κ1) is 10.1. The van der Waals surface area contributed by atoms with E-state index in [2.05, 4.69) is 15.5 Å². The lowest BCUT2D eigenvalue weighted by molar-refractivity contribution is 0.492. The summed E-state index contributed by atoms with van der Waals surface area (Å²) in [5.41, 5.74) is 0. The molecule has 1 heterocycles. The van der Waals surface area contributed by atoms with Gasteiger partial charge in [-0.1, -0.05) is 30.8 Å². The molecule has 0 bridgehead atoms. The van der Waals surface area contributed by atoms with Crippen molar-refractivity contribution in [2.75, 3.05) is 5.32 Å². The molecule has 88 valence electrons. The lowest BCUT2D eigenvalue weighted by atomic mass is 10.1. The SMILES string of the molecule is C1CCCC(Nc2nnc(C3CC3)o2)CC1. The Morgan fingerprint density at radius 1 is 0.938 bits per heavy atom. The number of hydrogen-bond donors (Lipinski definition) is 1. The minimum atomic E-state index is 0.537. The molecule has 1 N–H and O–H groups in total. The van der Waals surface area contributed by atoms with Crippen molar-refractivity contribution in [1.29, 1.82) is 0 Å². The Balaban J connectivity index is 1.58. The normalized spacial score (nSPS) is 23.0. The van der Waals surface area contributed by atoms with Gasteiger partial charge in [0.25, 0.3) is 0 Å². The molecule has 0 aromatic carbocycles. The van der Waals surface area contributed by atoms with Crippen molar-refractivity contribution < 1.29 is 4.42 Å². The third-order valence-electron chi connectivity index (χ3n) is 3.55. The number of rotatable bonds is 3. The lowest BCUT2D eigenvalue weighted by Gasteiger charge is -2.13. The molecule has 2 fully saturated rings.